The lowest BCUT2D eigenvalue weighted by atomic mass is 10.00. The van der Waals surface area contributed by atoms with E-state index in [0.29, 0.717) is 21.6 Å². The monoisotopic (exact) mass is 555 g/mol. The molecule has 0 aliphatic carbocycles. The Hall–Kier alpha value is -4.06. The Kier molecular flexibility index (Phi) is 8.01. The number of ether oxygens (including phenoxy) is 1. The van der Waals surface area contributed by atoms with Crippen LogP contribution in [-0.4, -0.2) is 22.6 Å². The Morgan fingerprint density at radius 2 is 1.77 bits per heavy atom. The second-order valence-electron chi connectivity index (χ2n) is 9.20. The van der Waals surface area contributed by atoms with Gasteiger partial charge in [-0.15, -0.1) is 0 Å². The lowest BCUT2D eigenvalue weighted by Crippen LogP contribution is -2.30. The molecule has 1 aromatic heterocycles. The number of methoxy groups -OCH3 is 1. The van der Waals surface area contributed by atoms with E-state index in [4.69, 9.17) is 32.9 Å². The summed E-state index contributed by atoms with van der Waals surface area (Å²) >= 11 is 12.6. The summed E-state index contributed by atoms with van der Waals surface area (Å²) < 4.78 is 7.07. The number of fused-ring (bicyclic) bond motifs is 1. The molecule has 0 aliphatic rings. The number of imidazole rings is 1. The molecule has 0 saturated heterocycles. The van der Waals surface area contributed by atoms with Crippen LogP contribution in [0, 0.1) is 0 Å². The van der Waals surface area contributed by atoms with Gasteiger partial charge in [0, 0.05) is 16.8 Å². The molecule has 5 nitrogen and oxygen atoms in total. The Morgan fingerprint density at radius 3 is 2.54 bits per heavy atom. The van der Waals surface area contributed by atoms with Crippen molar-refractivity contribution in [1.82, 2.24) is 14.9 Å². The summed E-state index contributed by atoms with van der Waals surface area (Å²) in [5.41, 5.74) is 3.44. The summed E-state index contributed by atoms with van der Waals surface area (Å²) in [4.78, 5) is 18.0. The predicted octanol–water partition coefficient (Wildman–Crippen LogP) is 8.07. The van der Waals surface area contributed by atoms with Crippen LogP contribution in [0.25, 0.3) is 34.2 Å². The lowest BCUT2D eigenvalue weighted by molar-refractivity contribution is -0.122. The molecule has 0 bridgehead atoms. The molecule has 39 heavy (non-hydrogen) atoms. The quantitative estimate of drug-likeness (QED) is 0.210. The predicted molar refractivity (Wildman–Crippen MR) is 160 cm³/mol. The third-order valence-electron chi connectivity index (χ3n) is 6.54. The van der Waals surface area contributed by atoms with Crippen molar-refractivity contribution in [2.45, 2.75) is 19.5 Å². The maximum atomic E-state index is 13.2. The first-order chi connectivity index (χ1) is 18.9. The zero-order chi connectivity index (χ0) is 27.4. The second-order valence-corrected chi connectivity index (χ2v) is 10.0. The molecule has 7 heteroatoms. The van der Waals surface area contributed by atoms with Crippen molar-refractivity contribution in [3.05, 3.63) is 118 Å². The highest BCUT2D eigenvalue weighted by Gasteiger charge is 2.16. The van der Waals surface area contributed by atoms with Gasteiger partial charge in [0.2, 0.25) is 5.91 Å². The molecule has 1 amide bonds. The van der Waals surface area contributed by atoms with E-state index in [9.17, 15) is 4.79 Å². The third kappa shape index (κ3) is 6.17. The van der Waals surface area contributed by atoms with Gasteiger partial charge in [-0.1, -0.05) is 83.9 Å². The Labute approximate surface area is 237 Å². The highest BCUT2D eigenvalue weighted by molar-refractivity contribution is 6.36. The molecule has 196 valence electrons. The molecule has 0 saturated carbocycles. The van der Waals surface area contributed by atoms with E-state index < -0.39 is 0 Å². The van der Waals surface area contributed by atoms with Crippen LogP contribution < -0.4 is 10.1 Å². The van der Waals surface area contributed by atoms with E-state index in [1.54, 1.807) is 19.2 Å². The minimum absolute atomic E-state index is 0.0929. The van der Waals surface area contributed by atoms with Crippen molar-refractivity contribution in [1.29, 1.82) is 0 Å². The van der Waals surface area contributed by atoms with Crippen molar-refractivity contribution < 1.29 is 9.53 Å². The molecule has 4 aromatic carbocycles. The highest BCUT2D eigenvalue weighted by atomic mass is 35.5. The van der Waals surface area contributed by atoms with Gasteiger partial charge in [0.25, 0.3) is 0 Å². The number of nitrogens with zero attached hydrogens (tertiary/aromatic N) is 2. The fourth-order valence-corrected chi connectivity index (χ4v) is 5.06. The molecule has 5 rings (SSSR count). The minimum atomic E-state index is -0.171. The first-order valence-electron chi connectivity index (χ1n) is 12.5. The zero-order valence-electron chi connectivity index (χ0n) is 21.6. The first kappa shape index (κ1) is 26.5. The van der Waals surface area contributed by atoms with Crippen molar-refractivity contribution in [2.24, 2.45) is 0 Å². The molecule has 5 aromatic rings. The summed E-state index contributed by atoms with van der Waals surface area (Å²) in [5, 5.41) is 6.45. The number of halogens is 2. The topological polar surface area (TPSA) is 56.2 Å². The maximum Gasteiger partial charge on any atom is 0.240 e. The smallest absolute Gasteiger partial charge is 0.240 e. The van der Waals surface area contributed by atoms with E-state index >= 15 is 0 Å². The van der Waals surface area contributed by atoms with Gasteiger partial charge in [-0.3, -0.25) is 4.79 Å². The molecular weight excluding hydrogens is 529 g/mol. The van der Waals surface area contributed by atoms with E-state index in [2.05, 4.69) is 23.5 Å². The summed E-state index contributed by atoms with van der Waals surface area (Å²) in [5.74, 6) is 1.28. The summed E-state index contributed by atoms with van der Waals surface area (Å²) in [6, 6.07) is 27.1. The number of carbonyl (C=O) groups is 1. The Balaban J connectivity index is 1.42. The van der Waals surface area contributed by atoms with Gasteiger partial charge in [0.1, 0.15) is 18.1 Å². The SMILES string of the molecule is COc1ccc(/C=C/c2nc(-c3ccc(Cl)cc3Cl)cn2CC(=O)N[C@@H](C)c2cccc3ccccc23)cc1. The number of rotatable bonds is 8. The van der Waals surface area contributed by atoms with Crippen molar-refractivity contribution in [2.75, 3.05) is 7.11 Å². The van der Waals surface area contributed by atoms with Crippen molar-refractivity contribution >= 4 is 52.0 Å². The van der Waals surface area contributed by atoms with E-state index in [0.717, 1.165) is 33.2 Å². The van der Waals surface area contributed by atoms with Crippen LogP contribution in [0.1, 0.15) is 29.9 Å². The first-order valence-corrected chi connectivity index (χ1v) is 13.3. The van der Waals surface area contributed by atoms with Crippen LogP contribution in [0.5, 0.6) is 5.75 Å². The van der Waals surface area contributed by atoms with Gasteiger partial charge in [-0.05, 0) is 65.2 Å². The Bertz CT molecular complexity index is 1650. The van der Waals surface area contributed by atoms with Gasteiger partial charge in [-0.25, -0.2) is 4.98 Å². The average Bonchev–Trinajstić information content (AvgIpc) is 3.33. The number of aromatic nitrogens is 2. The van der Waals surface area contributed by atoms with Crippen molar-refractivity contribution in [3.63, 3.8) is 0 Å². The number of carbonyl (C=O) groups excluding carboxylic acids is 1. The normalized spacial score (nSPS) is 12.1. The van der Waals surface area contributed by atoms with Gasteiger partial charge < -0.3 is 14.6 Å². The molecule has 0 radical (unpaired) electrons. The van der Waals surface area contributed by atoms with E-state index in [1.165, 1.54) is 0 Å². The summed E-state index contributed by atoms with van der Waals surface area (Å²) in [6.45, 7) is 2.09. The molecule has 0 fully saturated rings. The molecule has 0 aliphatic heterocycles. The fraction of sp³-hybridized carbons (Fsp3) is 0.125. The zero-order valence-corrected chi connectivity index (χ0v) is 23.1. The third-order valence-corrected chi connectivity index (χ3v) is 7.08. The fourth-order valence-electron chi connectivity index (χ4n) is 4.55. The molecule has 1 atom stereocenters. The molecule has 1 N–H and O–H groups in total. The van der Waals surface area contributed by atoms with Gasteiger partial charge in [-0.2, -0.15) is 0 Å². The second kappa shape index (κ2) is 11.8. The number of benzene rings is 4. The maximum absolute atomic E-state index is 13.2. The summed E-state index contributed by atoms with van der Waals surface area (Å²) in [6.07, 6.45) is 5.67. The van der Waals surface area contributed by atoms with Crippen LogP contribution in [0.2, 0.25) is 10.0 Å². The van der Waals surface area contributed by atoms with E-state index in [-0.39, 0.29) is 18.5 Å². The van der Waals surface area contributed by atoms with Crippen LogP contribution in [-0.2, 0) is 11.3 Å². The minimum Gasteiger partial charge on any atom is -0.497 e. The largest absolute Gasteiger partial charge is 0.497 e. The molecule has 0 spiro atoms. The molecule has 0 unspecified atom stereocenters. The van der Waals surface area contributed by atoms with Gasteiger partial charge >= 0.3 is 0 Å². The lowest BCUT2D eigenvalue weighted by Gasteiger charge is -2.17. The summed E-state index contributed by atoms with van der Waals surface area (Å²) in [7, 11) is 1.64. The number of nitrogens with one attached hydrogen (secondary N) is 1. The number of hydrogen-bond donors (Lipinski definition) is 1. The van der Waals surface area contributed by atoms with Crippen LogP contribution in [0.3, 0.4) is 0 Å². The van der Waals surface area contributed by atoms with Gasteiger partial charge in [0.15, 0.2) is 0 Å². The molecule has 1 heterocycles. The number of hydrogen-bond acceptors (Lipinski definition) is 3. The van der Waals surface area contributed by atoms with E-state index in [1.807, 2.05) is 84.4 Å². The average molecular weight is 556 g/mol. The van der Waals surface area contributed by atoms with Crippen LogP contribution in [0.15, 0.2) is 91.1 Å². The Morgan fingerprint density at radius 1 is 1.00 bits per heavy atom. The molecular formula is C32H27Cl2N3O2. The number of amides is 1. The van der Waals surface area contributed by atoms with Crippen molar-refractivity contribution in [3.8, 4) is 17.0 Å². The van der Waals surface area contributed by atoms with Crippen LogP contribution >= 0.6 is 23.2 Å². The van der Waals surface area contributed by atoms with Crippen LogP contribution in [0.4, 0.5) is 0 Å². The van der Waals surface area contributed by atoms with Gasteiger partial charge in [0.05, 0.1) is 23.9 Å². The standard InChI is InChI=1S/C32H27Cl2N3O2/c1-21(26-9-5-7-23-6-3-4-8-27(23)26)35-32(38)20-37-19-30(28-16-13-24(33)18-29(28)34)36-31(37)17-12-22-10-14-25(39-2)15-11-22/h3-19,21H,20H2,1-2H3,(H,35,38)/b17-12+/t21-/m0/s1. The highest BCUT2D eigenvalue weighted by Crippen LogP contribution is 2.30.